The normalized spacial score (nSPS) is 11.5. The molecule has 0 saturated heterocycles. The highest BCUT2D eigenvalue weighted by molar-refractivity contribution is 5.92. The van der Waals surface area contributed by atoms with Crippen molar-refractivity contribution in [2.75, 3.05) is 0 Å². The van der Waals surface area contributed by atoms with E-state index in [2.05, 4.69) is 29.8 Å². The molecule has 7 nitrogen and oxygen atoms in total. The number of aryl methyl sites for hydroxylation is 1. The molecule has 0 atom stereocenters. The molecule has 0 bridgehead atoms. The molecular weight excluding hydrogens is 416 g/mol. The third-order valence-corrected chi connectivity index (χ3v) is 5.69. The summed E-state index contributed by atoms with van der Waals surface area (Å²) in [6, 6.07) is 21.2. The number of hydrogen-bond donors (Lipinski definition) is 0. The molecular formula is C26H20N4O3. The molecule has 162 valence electrons. The van der Waals surface area contributed by atoms with Crippen molar-refractivity contribution in [1.82, 2.24) is 14.1 Å². The number of nitro groups is 1. The first kappa shape index (κ1) is 20.4. The van der Waals surface area contributed by atoms with E-state index in [4.69, 9.17) is 4.98 Å². The van der Waals surface area contributed by atoms with E-state index in [1.54, 1.807) is 30.3 Å². The van der Waals surface area contributed by atoms with Crippen LogP contribution in [0.25, 0.3) is 39.6 Å². The highest BCUT2D eigenvalue weighted by atomic mass is 16.6. The van der Waals surface area contributed by atoms with Gasteiger partial charge in [0.25, 0.3) is 11.2 Å². The maximum atomic E-state index is 13.4. The molecule has 33 heavy (non-hydrogen) atoms. The largest absolute Gasteiger partial charge is 0.347 e. The zero-order chi connectivity index (χ0) is 22.9. The van der Waals surface area contributed by atoms with Gasteiger partial charge in [-0.2, -0.15) is 0 Å². The van der Waals surface area contributed by atoms with Crippen molar-refractivity contribution in [2.24, 2.45) is 0 Å². The highest BCUT2D eigenvalue weighted by Crippen LogP contribution is 2.24. The standard InChI is InChI=1S/C26H20N4O3/c1-2-28-17-18(21-7-4-6-10-24(21)28)11-16-25-27-23-9-5-3-8-22(23)26(31)29(25)19-12-14-20(15-13-19)30(32)33/h3-17H,2H2,1H3/b16-11+. The van der Waals surface area contributed by atoms with Crippen LogP contribution in [-0.2, 0) is 6.54 Å². The van der Waals surface area contributed by atoms with Crippen molar-refractivity contribution in [3.05, 3.63) is 111 Å². The van der Waals surface area contributed by atoms with Crippen LogP contribution in [0.3, 0.4) is 0 Å². The van der Waals surface area contributed by atoms with E-state index < -0.39 is 4.92 Å². The molecule has 7 heteroatoms. The lowest BCUT2D eigenvalue weighted by Crippen LogP contribution is -2.22. The minimum Gasteiger partial charge on any atom is -0.347 e. The molecule has 3 aromatic carbocycles. The SMILES string of the molecule is CCn1cc(/C=C/c2nc3ccccc3c(=O)n2-c2ccc([N+](=O)[O-])cc2)c2ccccc21. The lowest BCUT2D eigenvalue weighted by molar-refractivity contribution is -0.384. The van der Waals surface area contributed by atoms with Crippen LogP contribution in [0.1, 0.15) is 18.3 Å². The van der Waals surface area contributed by atoms with Gasteiger partial charge in [-0.15, -0.1) is 0 Å². The Kier molecular flexibility index (Phi) is 5.06. The molecule has 0 unspecified atom stereocenters. The summed E-state index contributed by atoms with van der Waals surface area (Å²) in [6.07, 6.45) is 5.85. The fourth-order valence-electron chi connectivity index (χ4n) is 4.07. The smallest absolute Gasteiger partial charge is 0.269 e. The first-order valence-corrected chi connectivity index (χ1v) is 10.6. The number of rotatable bonds is 5. The number of nitro benzene ring substituents is 1. The fraction of sp³-hybridized carbons (Fsp3) is 0.0769. The second kappa shape index (κ2) is 8.20. The van der Waals surface area contributed by atoms with Crippen molar-refractivity contribution < 1.29 is 4.92 Å². The number of non-ortho nitro benzene ring substituents is 1. The quantitative estimate of drug-likeness (QED) is 0.271. The summed E-state index contributed by atoms with van der Waals surface area (Å²) in [7, 11) is 0. The van der Waals surface area contributed by atoms with Crippen LogP contribution in [0.15, 0.2) is 83.8 Å². The molecule has 0 N–H and O–H groups in total. The van der Waals surface area contributed by atoms with Crippen LogP contribution in [0.4, 0.5) is 5.69 Å². The number of benzene rings is 3. The molecule has 0 aliphatic carbocycles. The van der Waals surface area contributed by atoms with E-state index in [1.807, 2.05) is 30.4 Å². The molecule has 2 aromatic heterocycles. The van der Waals surface area contributed by atoms with Gasteiger partial charge in [-0.3, -0.25) is 19.5 Å². The van der Waals surface area contributed by atoms with Crippen LogP contribution >= 0.6 is 0 Å². The van der Waals surface area contributed by atoms with Gasteiger partial charge in [0.1, 0.15) is 5.82 Å². The minimum atomic E-state index is -0.463. The predicted molar refractivity (Wildman–Crippen MR) is 131 cm³/mol. The lowest BCUT2D eigenvalue weighted by Gasteiger charge is -2.11. The lowest BCUT2D eigenvalue weighted by atomic mass is 10.1. The molecule has 0 radical (unpaired) electrons. The number of fused-ring (bicyclic) bond motifs is 2. The average Bonchev–Trinajstić information content (AvgIpc) is 3.21. The number of para-hydroxylation sites is 2. The van der Waals surface area contributed by atoms with Crippen molar-refractivity contribution in [3.63, 3.8) is 0 Å². The van der Waals surface area contributed by atoms with Gasteiger partial charge in [-0.1, -0.05) is 30.3 Å². The monoisotopic (exact) mass is 436 g/mol. The summed E-state index contributed by atoms with van der Waals surface area (Å²) in [5.41, 5.74) is 3.00. The van der Waals surface area contributed by atoms with Gasteiger partial charge in [0, 0.05) is 41.3 Å². The maximum Gasteiger partial charge on any atom is 0.269 e. The van der Waals surface area contributed by atoms with Crippen molar-refractivity contribution in [1.29, 1.82) is 0 Å². The summed E-state index contributed by atoms with van der Waals surface area (Å²) in [5.74, 6) is 0.445. The topological polar surface area (TPSA) is 83.0 Å². The predicted octanol–water partition coefficient (Wildman–Crippen LogP) is 5.44. The molecule has 0 aliphatic rings. The first-order chi connectivity index (χ1) is 16.1. The molecule has 0 saturated carbocycles. The molecule has 2 heterocycles. The van der Waals surface area contributed by atoms with E-state index in [-0.39, 0.29) is 11.2 Å². The van der Waals surface area contributed by atoms with Crippen LogP contribution in [-0.4, -0.2) is 19.0 Å². The molecule has 0 amide bonds. The van der Waals surface area contributed by atoms with Crippen molar-refractivity contribution in [3.8, 4) is 5.69 Å². The second-order valence-corrected chi connectivity index (χ2v) is 7.62. The van der Waals surface area contributed by atoms with Crippen molar-refractivity contribution >= 4 is 39.6 Å². The van der Waals surface area contributed by atoms with E-state index in [0.29, 0.717) is 22.4 Å². The molecule has 5 rings (SSSR count). The van der Waals surface area contributed by atoms with Gasteiger partial charge in [0.2, 0.25) is 0 Å². The average molecular weight is 436 g/mol. The van der Waals surface area contributed by atoms with Gasteiger partial charge in [0.15, 0.2) is 0 Å². The fourth-order valence-corrected chi connectivity index (χ4v) is 4.07. The van der Waals surface area contributed by atoms with Crippen LogP contribution in [0.5, 0.6) is 0 Å². The van der Waals surface area contributed by atoms with Gasteiger partial charge in [0.05, 0.1) is 21.5 Å². The van der Waals surface area contributed by atoms with Gasteiger partial charge >= 0.3 is 0 Å². The zero-order valence-corrected chi connectivity index (χ0v) is 17.9. The van der Waals surface area contributed by atoms with E-state index >= 15 is 0 Å². The third-order valence-electron chi connectivity index (χ3n) is 5.69. The Morgan fingerprint density at radius 2 is 1.64 bits per heavy atom. The summed E-state index contributed by atoms with van der Waals surface area (Å²) in [5, 5.41) is 12.7. The number of hydrogen-bond acceptors (Lipinski definition) is 4. The van der Waals surface area contributed by atoms with Crippen LogP contribution in [0.2, 0.25) is 0 Å². The Morgan fingerprint density at radius 1 is 0.939 bits per heavy atom. The van der Waals surface area contributed by atoms with Crippen LogP contribution < -0.4 is 5.56 Å². The Hall–Kier alpha value is -4.52. The van der Waals surface area contributed by atoms with Crippen molar-refractivity contribution in [2.45, 2.75) is 13.5 Å². The maximum absolute atomic E-state index is 13.4. The van der Waals surface area contributed by atoms with E-state index in [1.165, 1.54) is 16.7 Å². The van der Waals surface area contributed by atoms with Gasteiger partial charge in [-0.05, 0) is 49.4 Å². The summed E-state index contributed by atoms with van der Waals surface area (Å²) >= 11 is 0. The molecule has 0 spiro atoms. The van der Waals surface area contributed by atoms with E-state index in [0.717, 1.165) is 23.0 Å². The Labute approximate surface area is 189 Å². The molecule has 5 aromatic rings. The third kappa shape index (κ3) is 3.59. The number of aromatic nitrogens is 3. The molecule has 0 fully saturated rings. The first-order valence-electron chi connectivity index (χ1n) is 10.6. The van der Waals surface area contributed by atoms with Gasteiger partial charge < -0.3 is 4.57 Å². The number of nitrogens with zero attached hydrogens (tertiary/aromatic N) is 4. The van der Waals surface area contributed by atoms with Gasteiger partial charge in [-0.25, -0.2) is 4.98 Å². The summed E-state index contributed by atoms with van der Waals surface area (Å²) < 4.78 is 3.66. The zero-order valence-electron chi connectivity index (χ0n) is 17.9. The van der Waals surface area contributed by atoms with E-state index in [9.17, 15) is 14.9 Å². The Morgan fingerprint density at radius 3 is 2.36 bits per heavy atom. The second-order valence-electron chi connectivity index (χ2n) is 7.62. The Balaban J connectivity index is 1.70. The summed E-state index contributed by atoms with van der Waals surface area (Å²) in [4.78, 5) is 28.7. The molecule has 0 aliphatic heterocycles. The Bertz CT molecular complexity index is 1590. The highest BCUT2D eigenvalue weighted by Gasteiger charge is 2.13. The summed E-state index contributed by atoms with van der Waals surface area (Å²) in [6.45, 7) is 2.94. The van der Waals surface area contributed by atoms with Crippen LogP contribution in [0, 0.1) is 10.1 Å². The minimum absolute atomic E-state index is 0.0370.